The number of halogens is 1. The van der Waals surface area contributed by atoms with Crippen LogP contribution in [0.15, 0.2) is 12.1 Å². The van der Waals surface area contributed by atoms with E-state index in [1.165, 1.54) is 13.0 Å². The lowest BCUT2D eigenvalue weighted by Gasteiger charge is -2.09. The molecular formula is C13H17FO2S. The van der Waals surface area contributed by atoms with Gasteiger partial charge in [-0.1, -0.05) is 13.8 Å². The number of thioether (sulfide) groups is 1. The third-order valence-corrected chi connectivity index (χ3v) is 3.66. The van der Waals surface area contributed by atoms with E-state index >= 15 is 0 Å². The molecule has 0 bridgehead atoms. The SMILES string of the molecule is CC(=O)c1cc(F)cc(CSCC(C)C)c1O. The van der Waals surface area contributed by atoms with E-state index in [1.807, 2.05) is 0 Å². The second-order valence-corrected chi connectivity index (χ2v) is 5.46. The number of ketones is 1. The maximum Gasteiger partial charge on any atom is 0.163 e. The van der Waals surface area contributed by atoms with Gasteiger partial charge in [-0.15, -0.1) is 0 Å². The van der Waals surface area contributed by atoms with E-state index in [1.54, 1.807) is 11.8 Å². The highest BCUT2D eigenvalue weighted by atomic mass is 32.2. The molecule has 0 radical (unpaired) electrons. The van der Waals surface area contributed by atoms with Gasteiger partial charge in [0.25, 0.3) is 0 Å². The Labute approximate surface area is 105 Å². The van der Waals surface area contributed by atoms with Crippen molar-refractivity contribution in [2.75, 3.05) is 5.75 Å². The van der Waals surface area contributed by atoms with Crippen LogP contribution in [0.3, 0.4) is 0 Å². The maximum atomic E-state index is 13.3. The van der Waals surface area contributed by atoms with E-state index in [2.05, 4.69) is 13.8 Å². The van der Waals surface area contributed by atoms with Gasteiger partial charge in [-0.25, -0.2) is 4.39 Å². The number of rotatable bonds is 5. The fourth-order valence-corrected chi connectivity index (χ4v) is 2.47. The molecule has 0 aliphatic carbocycles. The van der Waals surface area contributed by atoms with Gasteiger partial charge in [0.1, 0.15) is 11.6 Å². The van der Waals surface area contributed by atoms with Crippen LogP contribution in [0.4, 0.5) is 4.39 Å². The molecule has 0 spiro atoms. The second-order valence-electron chi connectivity index (χ2n) is 4.43. The van der Waals surface area contributed by atoms with Crippen molar-refractivity contribution in [3.63, 3.8) is 0 Å². The number of Topliss-reactive ketones (excluding diaryl/α,β-unsaturated/α-hetero) is 1. The summed E-state index contributed by atoms with van der Waals surface area (Å²) >= 11 is 1.62. The van der Waals surface area contributed by atoms with Crippen LogP contribution in [0.5, 0.6) is 5.75 Å². The number of phenolic OH excluding ortho intramolecular Hbond substituents is 1. The Bertz CT molecular complexity index is 416. The third-order valence-electron chi connectivity index (χ3n) is 2.24. The highest BCUT2D eigenvalue weighted by Crippen LogP contribution is 2.28. The first-order valence-corrected chi connectivity index (χ1v) is 6.67. The van der Waals surface area contributed by atoms with Crippen LogP contribution in [0.1, 0.15) is 36.7 Å². The minimum atomic E-state index is -0.479. The van der Waals surface area contributed by atoms with Gasteiger partial charge in [0.15, 0.2) is 5.78 Å². The molecule has 0 aliphatic heterocycles. The summed E-state index contributed by atoms with van der Waals surface area (Å²) in [6, 6.07) is 2.36. The molecule has 0 unspecified atom stereocenters. The van der Waals surface area contributed by atoms with E-state index in [0.29, 0.717) is 17.2 Å². The Balaban J connectivity index is 2.88. The van der Waals surface area contributed by atoms with Crippen LogP contribution < -0.4 is 0 Å². The van der Waals surface area contributed by atoms with Crippen molar-refractivity contribution < 1.29 is 14.3 Å². The van der Waals surface area contributed by atoms with Crippen molar-refractivity contribution in [1.29, 1.82) is 0 Å². The fourth-order valence-electron chi connectivity index (χ4n) is 1.44. The Hall–Kier alpha value is -1.03. The van der Waals surface area contributed by atoms with Crippen LogP contribution in [0, 0.1) is 11.7 Å². The van der Waals surface area contributed by atoms with Crippen LogP contribution in [0.25, 0.3) is 0 Å². The zero-order chi connectivity index (χ0) is 13.0. The Morgan fingerprint density at radius 2 is 2.12 bits per heavy atom. The number of aromatic hydroxyl groups is 1. The van der Waals surface area contributed by atoms with E-state index in [0.717, 1.165) is 11.8 Å². The summed E-state index contributed by atoms with van der Waals surface area (Å²) in [6.07, 6.45) is 0. The summed E-state index contributed by atoms with van der Waals surface area (Å²) < 4.78 is 13.3. The Kier molecular flexibility index (Phi) is 5.00. The van der Waals surface area contributed by atoms with Gasteiger partial charge in [0, 0.05) is 11.3 Å². The molecule has 4 heteroatoms. The summed E-state index contributed by atoms with van der Waals surface area (Å²) in [5.41, 5.74) is 0.547. The zero-order valence-corrected chi connectivity index (χ0v) is 11.1. The van der Waals surface area contributed by atoms with Crippen LogP contribution in [0.2, 0.25) is 0 Å². The second kappa shape index (κ2) is 6.05. The first kappa shape index (κ1) is 14.0. The van der Waals surface area contributed by atoms with E-state index in [4.69, 9.17) is 0 Å². The normalized spacial score (nSPS) is 10.9. The lowest BCUT2D eigenvalue weighted by atomic mass is 10.1. The molecule has 0 aromatic heterocycles. The molecule has 1 aromatic carbocycles. The lowest BCUT2D eigenvalue weighted by Crippen LogP contribution is -1.98. The average Bonchev–Trinajstić information content (AvgIpc) is 2.21. The van der Waals surface area contributed by atoms with E-state index < -0.39 is 5.82 Å². The Morgan fingerprint density at radius 3 is 2.65 bits per heavy atom. The molecule has 0 heterocycles. The predicted molar refractivity (Wildman–Crippen MR) is 69.1 cm³/mol. The number of hydrogen-bond acceptors (Lipinski definition) is 3. The first-order valence-electron chi connectivity index (χ1n) is 5.52. The lowest BCUT2D eigenvalue weighted by molar-refractivity contribution is 0.101. The van der Waals surface area contributed by atoms with Gasteiger partial charge in [0.05, 0.1) is 5.56 Å². The molecule has 1 aromatic rings. The topological polar surface area (TPSA) is 37.3 Å². The largest absolute Gasteiger partial charge is 0.507 e. The molecule has 0 aliphatic rings. The van der Waals surface area contributed by atoms with Crippen LogP contribution in [-0.4, -0.2) is 16.6 Å². The molecule has 2 nitrogen and oxygen atoms in total. The molecule has 17 heavy (non-hydrogen) atoms. The summed E-state index contributed by atoms with van der Waals surface area (Å²) in [5, 5.41) is 9.85. The van der Waals surface area contributed by atoms with Crippen molar-refractivity contribution in [3.8, 4) is 5.75 Å². The highest BCUT2D eigenvalue weighted by Gasteiger charge is 2.13. The predicted octanol–water partition coefficient (Wildman–Crippen LogP) is 3.62. The molecule has 0 fully saturated rings. The van der Waals surface area contributed by atoms with Crippen molar-refractivity contribution >= 4 is 17.5 Å². The summed E-state index contributed by atoms with van der Waals surface area (Å²) in [6.45, 7) is 5.51. The number of phenols is 1. The fraction of sp³-hybridized carbons (Fsp3) is 0.462. The van der Waals surface area contributed by atoms with Gasteiger partial charge in [-0.3, -0.25) is 4.79 Å². The molecule has 0 amide bonds. The number of hydrogen-bond donors (Lipinski definition) is 1. The standard InChI is InChI=1S/C13H17FO2S/c1-8(2)6-17-7-10-4-11(14)5-12(9(3)15)13(10)16/h4-5,8,16H,6-7H2,1-3H3. The summed E-state index contributed by atoms with van der Waals surface area (Å²) in [4.78, 5) is 11.2. The number of carbonyl (C=O) groups excluding carboxylic acids is 1. The highest BCUT2D eigenvalue weighted by molar-refractivity contribution is 7.98. The van der Waals surface area contributed by atoms with Crippen molar-refractivity contribution in [3.05, 3.63) is 29.1 Å². The summed E-state index contributed by atoms with van der Waals surface area (Å²) in [7, 11) is 0. The number of benzene rings is 1. The molecule has 1 rings (SSSR count). The molecule has 0 saturated heterocycles. The van der Waals surface area contributed by atoms with Gasteiger partial charge < -0.3 is 5.11 Å². The smallest absolute Gasteiger partial charge is 0.163 e. The van der Waals surface area contributed by atoms with Crippen molar-refractivity contribution in [1.82, 2.24) is 0 Å². The van der Waals surface area contributed by atoms with Gasteiger partial charge in [0.2, 0.25) is 0 Å². The maximum absolute atomic E-state index is 13.3. The average molecular weight is 256 g/mol. The van der Waals surface area contributed by atoms with E-state index in [-0.39, 0.29) is 17.1 Å². The van der Waals surface area contributed by atoms with Crippen LogP contribution in [-0.2, 0) is 5.75 Å². The molecule has 0 saturated carbocycles. The van der Waals surface area contributed by atoms with Gasteiger partial charge >= 0.3 is 0 Å². The van der Waals surface area contributed by atoms with Crippen molar-refractivity contribution in [2.45, 2.75) is 26.5 Å². The zero-order valence-electron chi connectivity index (χ0n) is 10.3. The van der Waals surface area contributed by atoms with Gasteiger partial charge in [-0.05, 0) is 30.7 Å². The van der Waals surface area contributed by atoms with E-state index in [9.17, 15) is 14.3 Å². The Morgan fingerprint density at radius 1 is 1.47 bits per heavy atom. The summed E-state index contributed by atoms with van der Waals surface area (Å²) in [5.74, 6) is 1.11. The third kappa shape index (κ3) is 4.04. The molecule has 1 N–H and O–H groups in total. The minimum Gasteiger partial charge on any atom is -0.507 e. The van der Waals surface area contributed by atoms with Crippen molar-refractivity contribution in [2.24, 2.45) is 5.92 Å². The minimum absolute atomic E-state index is 0.0603. The molecule has 0 atom stereocenters. The molecular weight excluding hydrogens is 239 g/mol. The first-order chi connectivity index (χ1) is 7.91. The monoisotopic (exact) mass is 256 g/mol. The van der Waals surface area contributed by atoms with Gasteiger partial charge in [-0.2, -0.15) is 11.8 Å². The quantitative estimate of drug-likeness (QED) is 0.817. The van der Waals surface area contributed by atoms with Crippen LogP contribution >= 0.6 is 11.8 Å². The molecule has 94 valence electrons. The number of carbonyl (C=O) groups is 1.